The van der Waals surface area contributed by atoms with Crippen LogP contribution in [0.3, 0.4) is 0 Å². The number of rotatable bonds is 0. The molecule has 2 aromatic heterocycles. The summed E-state index contributed by atoms with van der Waals surface area (Å²) in [6, 6.07) is 12.4. The Morgan fingerprint density at radius 3 is 2.44 bits per heavy atom. The summed E-state index contributed by atoms with van der Waals surface area (Å²) in [4.78, 5) is 8.86. The molecule has 0 unspecified atom stereocenters. The van der Waals surface area contributed by atoms with Gasteiger partial charge in [-0.15, -0.1) is 0 Å². The highest BCUT2D eigenvalue weighted by Gasteiger charge is 2.21. The van der Waals surface area contributed by atoms with Crippen LogP contribution in [0, 0.1) is 0 Å². The van der Waals surface area contributed by atoms with Crippen molar-refractivity contribution < 1.29 is 0 Å². The fraction of sp³-hybridized carbons (Fsp3) is 0. The molecule has 16 heavy (non-hydrogen) atoms. The van der Waals surface area contributed by atoms with E-state index >= 15 is 0 Å². The molecule has 0 aliphatic heterocycles. The van der Waals surface area contributed by atoms with Crippen LogP contribution in [0.2, 0.25) is 0 Å². The molecule has 0 saturated heterocycles. The molecule has 0 saturated carbocycles. The minimum atomic E-state index is 1.03. The summed E-state index contributed by atoms with van der Waals surface area (Å²) in [6.45, 7) is 0. The van der Waals surface area contributed by atoms with Gasteiger partial charge in [-0.3, -0.25) is 9.97 Å². The van der Waals surface area contributed by atoms with Crippen molar-refractivity contribution in [3.05, 3.63) is 48.8 Å². The third-order valence-corrected chi connectivity index (χ3v) is 3.13. The van der Waals surface area contributed by atoms with E-state index in [9.17, 15) is 0 Å². The molecule has 2 nitrogen and oxygen atoms in total. The van der Waals surface area contributed by atoms with Gasteiger partial charge >= 0.3 is 0 Å². The third kappa shape index (κ3) is 0.823. The van der Waals surface area contributed by atoms with Crippen LogP contribution in [0.25, 0.3) is 33.3 Å². The topological polar surface area (TPSA) is 25.8 Å². The van der Waals surface area contributed by atoms with E-state index in [1.54, 1.807) is 0 Å². The van der Waals surface area contributed by atoms with Crippen LogP contribution < -0.4 is 0 Å². The Hall–Kier alpha value is -2.22. The first-order chi connectivity index (χ1) is 7.95. The number of fused-ring (bicyclic) bond motifs is 3. The molecule has 4 rings (SSSR count). The second kappa shape index (κ2) is 2.67. The number of hydrogen-bond acceptors (Lipinski definition) is 2. The molecule has 0 amide bonds. The number of nitrogens with zero attached hydrogens (tertiary/aromatic N) is 2. The van der Waals surface area contributed by atoms with Gasteiger partial charge in [0, 0.05) is 23.3 Å². The lowest BCUT2D eigenvalue weighted by molar-refractivity contribution is 1.34. The summed E-state index contributed by atoms with van der Waals surface area (Å²) in [7, 11) is 0. The van der Waals surface area contributed by atoms with Crippen LogP contribution in [0.15, 0.2) is 48.8 Å². The van der Waals surface area contributed by atoms with Crippen LogP contribution in [0.4, 0.5) is 0 Å². The Morgan fingerprint density at radius 2 is 1.50 bits per heavy atom. The molecule has 0 N–H and O–H groups in total. The summed E-state index contributed by atoms with van der Waals surface area (Å²) < 4.78 is 0. The van der Waals surface area contributed by atoms with E-state index in [2.05, 4.69) is 40.3 Å². The normalized spacial score (nSPS) is 11.8. The van der Waals surface area contributed by atoms with Gasteiger partial charge in [-0.2, -0.15) is 0 Å². The Labute approximate surface area is 92.6 Å². The van der Waals surface area contributed by atoms with Gasteiger partial charge in [-0.25, -0.2) is 0 Å². The van der Waals surface area contributed by atoms with Gasteiger partial charge in [-0.05, 0) is 23.3 Å². The van der Waals surface area contributed by atoms with Gasteiger partial charge in [0.05, 0.1) is 11.2 Å². The van der Waals surface area contributed by atoms with Crippen molar-refractivity contribution in [2.75, 3.05) is 0 Å². The van der Waals surface area contributed by atoms with E-state index in [0.717, 1.165) is 11.2 Å². The van der Waals surface area contributed by atoms with Crippen LogP contribution in [-0.4, -0.2) is 9.97 Å². The minimum Gasteiger partial charge on any atom is -0.256 e. The smallest absolute Gasteiger partial charge is 0.0808 e. The Morgan fingerprint density at radius 1 is 0.688 bits per heavy atom. The molecule has 74 valence electrons. The lowest BCUT2D eigenvalue weighted by atomic mass is 10.1. The molecule has 0 spiro atoms. The average Bonchev–Trinajstić information content (AvgIpc) is 2.68. The first kappa shape index (κ1) is 7.99. The maximum absolute atomic E-state index is 4.48. The van der Waals surface area contributed by atoms with Gasteiger partial charge in [0.15, 0.2) is 0 Å². The van der Waals surface area contributed by atoms with Crippen molar-refractivity contribution in [2.45, 2.75) is 0 Å². The second-order valence-corrected chi connectivity index (χ2v) is 3.96. The van der Waals surface area contributed by atoms with E-state index in [0.29, 0.717) is 0 Å². The monoisotopic (exact) mass is 204 g/mol. The van der Waals surface area contributed by atoms with Crippen LogP contribution >= 0.6 is 0 Å². The molecule has 1 aliphatic rings. The lowest BCUT2D eigenvalue weighted by Crippen LogP contribution is -1.82. The van der Waals surface area contributed by atoms with Gasteiger partial charge < -0.3 is 0 Å². The van der Waals surface area contributed by atoms with E-state index < -0.39 is 0 Å². The predicted molar refractivity (Wildman–Crippen MR) is 64.0 cm³/mol. The van der Waals surface area contributed by atoms with Crippen LogP contribution in [0.5, 0.6) is 0 Å². The minimum absolute atomic E-state index is 1.03. The fourth-order valence-electron chi connectivity index (χ4n) is 2.45. The first-order valence-electron chi connectivity index (χ1n) is 5.28. The Bertz CT molecular complexity index is 659. The molecule has 0 bridgehead atoms. The summed E-state index contributed by atoms with van der Waals surface area (Å²) >= 11 is 0. The van der Waals surface area contributed by atoms with Crippen molar-refractivity contribution >= 4 is 10.9 Å². The Balaban J connectivity index is 2.31. The molecule has 2 heterocycles. The van der Waals surface area contributed by atoms with Crippen LogP contribution in [0.1, 0.15) is 0 Å². The third-order valence-electron chi connectivity index (χ3n) is 3.13. The molecular weight excluding hydrogens is 196 g/mol. The zero-order valence-electron chi connectivity index (χ0n) is 8.51. The molecule has 0 atom stereocenters. The highest BCUT2D eigenvalue weighted by Crippen LogP contribution is 2.44. The molecule has 3 aromatic rings. The number of benzene rings is 1. The molecule has 0 radical (unpaired) electrons. The van der Waals surface area contributed by atoms with E-state index in [1.165, 1.54) is 22.1 Å². The van der Waals surface area contributed by atoms with E-state index in [4.69, 9.17) is 0 Å². The highest BCUT2D eigenvalue weighted by molar-refractivity contribution is 6.12. The maximum Gasteiger partial charge on any atom is 0.0808 e. The van der Waals surface area contributed by atoms with Crippen molar-refractivity contribution in [3.8, 4) is 22.4 Å². The van der Waals surface area contributed by atoms with Gasteiger partial charge in [0.1, 0.15) is 0 Å². The van der Waals surface area contributed by atoms with Crippen molar-refractivity contribution in [3.63, 3.8) is 0 Å². The summed E-state index contributed by atoms with van der Waals surface area (Å²) in [5, 5.41) is 1.19. The van der Waals surface area contributed by atoms with Crippen molar-refractivity contribution in [2.24, 2.45) is 0 Å². The van der Waals surface area contributed by atoms with E-state index in [1.807, 2.05) is 18.5 Å². The maximum atomic E-state index is 4.48. The number of aromatic nitrogens is 2. The predicted octanol–water partition coefficient (Wildman–Crippen LogP) is 3.28. The molecule has 1 aliphatic carbocycles. The fourth-order valence-corrected chi connectivity index (χ4v) is 2.45. The molecule has 1 aromatic carbocycles. The largest absolute Gasteiger partial charge is 0.256 e. The van der Waals surface area contributed by atoms with Gasteiger partial charge in [0.2, 0.25) is 0 Å². The highest BCUT2D eigenvalue weighted by atomic mass is 14.7. The quantitative estimate of drug-likeness (QED) is 0.439. The first-order valence-corrected chi connectivity index (χ1v) is 5.28. The molecule has 0 fully saturated rings. The van der Waals surface area contributed by atoms with Gasteiger partial charge in [-0.1, -0.05) is 24.3 Å². The van der Waals surface area contributed by atoms with Crippen molar-refractivity contribution in [1.29, 1.82) is 0 Å². The van der Waals surface area contributed by atoms with Crippen LogP contribution in [-0.2, 0) is 0 Å². The second-order valence-electron chi connectivity index (χ2n) is 3.96. The summed E-state index contributed by atoms with van der Waals surface area (Å²) in [5.74, 6) is 0. The standard InChI is InChI=1S/C14H8N2/c1-2-4-11-9(3-1)10-5-7-15-12-6-8-16-14(11)13(10)12/h1-8H. The summed E-state index contributed by atoms with van der Waals surface area (Å²) in [6.07, 6.45) is 3.69. The average molecular weight is 204 g/mol. The van der Waals surface area contributed by atoms with Gasteiger partial charge in [0.25, 0.3) is 0 Å². The van der Waals surface area contributed by atoms with Crippen molar-refractivity contribution in [1.82, 2.24) is 9.97 Å². The van der Waals surface area contributed by atoms with E-state index in [-0.39, 0.29) is 0 Å². The summed E-state index contributed by atoms with van der Waals surface area (Å²) in [5.41, 5.74) is 5.83. The molecule has 2 heteroatoms. The number of hydrogen-bond donors (Lipinski definition) is 0. The number of pyridine rings is 2. The Kier molecular flexibility index (Phi) is 1.33. The SMILES string of the molecule is c1ccc2c(c1)-c1ccnc3ccnc-2c13. The zero-order chi connectivity index (χ0) is 10.5. The lowest BCUT2D eigenvalue weighted by Gasteiger charge is -1.98. The zero-order valence-corrected chi connectivity index (χ0v) is 8.51. The molecular formula is C14H8N2.